The molecule has 1 atom stereocenters. The van der Waals surface area contributed by atoms with E-state index in [0.29, 0.717) is 5.54 Å². The predicted molar refractivity (Wildman–Crippen MR) is 92.7 cm³/mol. The average Bonchev–Trinajstić information content (AvgIpc) is 2.95. The second kappa shape index (κ2) is 12.5. The van der Waals surface area contributed by atoms with Gasteiger partial charge in [0.1, 0.15) is 0 Å². The summed E-state index contributed by atoms with van der Waals surface area (Å²) < 4.78 is 5.64. The second-order valence-corrected chi connectivity index (χ2v) is 6.99. The van der Waals surface area contributed by atoms with Gasteiger partial charge in [-0.3, -0.25) is 5.32 Å². The van der Waals surface area contributed by atoms with Gasteiger partial charge >= 0.3 is 0 Å². The molecule has 2 nitrogen and oxygen atoms in total. The lowest BCUT2D eigenvalue weighted by molar-refractivity contribution is 0.168. The first kappa shape index (κ1) is 19.0. The maximum absolute atomic E-state index is 5.64. The molecule has 2 heteroatoms. The predicted octanol–water partition coefficient (Wildman–Crippen LogP) is 5.80. The highest BCUT2D eigenvalue weighted by Crippen LogP contribution is 2.26. The first-order valence-electron chi connectivity index (χ1n) is 9.66. The van der Waals surface area contributed by atoms with Crippen molar-refractivity contribution in [2.45, 2.75) is 109 Å². The Morgan fingerprint density at radius 3 is 1.62 bits per heavy atom. The van der Waals surface area contributed by atoms with Crippen LogP contribution in [0.5, 0.6) is 0 Å². The van der Waals surface area contributed by atoms with Crippen molar-refractivity contribution in [2.75, 3.05) is 13.3 Å². The third-order valence-electron chi connectivity index (χ3n) is 4.95. The van der Waals surface area contributed by atoms with Crippen LogP contribution in [0, 0.1) is 0 Å². The Bertz CT molecular complexity index is 224. The number of unbranched alkanes of at least 4 members (excludes halogenated alkanes) is 10. The van der Waals surface area contributed by atoms with E-state index < -0.39 is 0 Å². The molecule has 1 unspecified atom stereocenters. The van der Waals surface area contributed by atoms with E-state index in [2.05, 4.69) is 19.2 Å². The van der Waals surface area contributed by atoms with E-state index in [9.17, 15) is 0 Å². The summed E-state index contributed by atoms with van der Waals surface area (Å²) >= 11 is 0. The molecule has 0 aromatic heterocycles. The van der Waals surface area contributed by atoms with Crippen LogP contribution in [0.1, 0.15) is 104 Å². The minimum absolute atomic E-state index is 0.315. The molecule has 0 spiro atoms. The minimum atomic E-state index is 0.315. The van der Waals surface area contributed by atoms with Gasteiger partial charge in [0.05, 0.1) is 13.3 Å². The number of ether oxygens (including phenoxy) is 1. The molecule has 21 heavy (non-hydrogen) atoms. The van der Waals surface area contributed by atoms with Crippen molar-refractivity contribution in [2.24, 2.45) is 0 Å². The molecule has 0 amide bonds. The summed E-state index contributed by atoms with van der Waals surface area (Å²) in [6.07, 6.45) is 19.4. The van der Waals surface area contributed by atoms with E-state index in [1.165, 1.54) is 89.9 Å². The molecular formula is C19H39NO. The second-order valence-electron chi connectivity index (χ2n) is 6.99. The molecule has 1 aliphatic rings. The van der Waals surface area contributed by atoms with E-state index in [0.717, 1.165) is 13.3 Å². The highest BCUT2D eigenvalue weighted by molar-refractivity contribution is 4.90. The molecule has 1 fully saturated rings. The van der Waals surface area contributed by atoms with Crippen molar-refractivity contribution >= 4 is 0 Å². The zero-order chi connectivity index (χ0) is 15.2. The molecule has 126 valence electrons. The molecular weight excluding hydrogens is 258 g/mol. The van der Waals surface area contributed by atoms with Gasteiger partial charge in [-0.25, -0.2) is 0 Å². The average molecular weight is 298 g/mol. The Morgan fingerprint density at radius 1 is 0.714 bits per heavy atom. The van der Waals surface area contributed by atoms with Crippen LogP contribution in [0.25, 0.3) is 0 Å². The number of nitrogens with one attached hydrogen (secondary N) is 1. The summed E-state index contributed by atoms with van der Waals surface area (Å²) in [6, 6.07) is 0. The van der Waals surface area contributed by atoms with Crippen LogP contribution in [0.4, 0.5) is 0 Å². The van der Waals surface area contributed by atoms with Crippen LogP contribution in [0.3, 0.4) is 0 Å². The number of hydrogen-bond acceptors (Lipinski definition) is 2. The highest BCUT2D eigenvalue weighted by atomic mass is 16.5. The first-order chi connectivity index (χ1) is 10.3. The Morgan fingerprint density at radius 2 is 1.19 bits per heavy atom. The van der Waals surface area contributed by atoms with Crippen molar-refractivity contribution in [1.82, 2.24) is 5.32 Å². The third kappa shape index (κ3) is 8.83. The van der Waals surface area contributed by atoms with E-state index >= 15 is 0 Å². The molecule has 1 rings (SSSR count). The molecule has 1 N–H and O–H groups in total. The maximum atomic E-state index is 5.64. The Balaban J connectivity index is 2.08. The highest BCUT2D eigenvalue weighted by Gasteiger charge is 2.32. The topological polar surface area (TPSA) is 21.3 Å². The summed E-state index contributed by atoms with van der Waals surface area (Å²) in [5.41, 5.74) is 0.315. The fraction of sp³-hybridized carbons (Fsp3) is 1.00. The third-order valence-corrected chi connectivity index (χ3v) is 4.95. The number of hydrogen-bond donors (Lipinski definition) is 1. The standard InChI is InChI=1S/C19H39NO/c1-3-5-7-9-10-12-14-16-19(17-21-18-20-19)15-13-11-8-6-4-2/h20H,3-18H2,1-2H3. The van der Waals surface area contributed by atoms with Gasteiger partial charge in [0, 0.05) is 5.54 Å². The number of rotatable bonds is 14. The fourth-order valence-electron chi connectivity index (χ4n) is 3.44. The van der Waals surface area contributed by atoms with E-state index in [-0.39, 0.29) is 0 Å². The van der Waals surface area contributed by atoms with Gasteiger partial charge in [0.15, 0.2) is 0 Å². The maximum Gasteiger partial charge on any atom is 0.0971 e. The molecule has 0 radical (unpaired) electrons. The summed E-state index contributed by atoms with van der Waals surface area (Å²) in [5.74, 6) is 0. The van der Waals surface area contributed by atoms with Crippen molar-refractivity contribution in [3.8, 4) is 0 Å². The molecule has 1 saturated heterocycles. The lowest BCUT2D eigenvalue weighted by atomic mass is 9.87. The van der Waals surface area contributed by atoms with Crippen LogP contribution in [0.15, 0.2) is 0 Å². The van der Waals surface area contributed by atoms with Gasteiger partial charge in [0.2, 0.25) is 0 Å². The van der Waals surface area contributed by atoms with Crippen LogP contribution in [0.2, 0.25) is 0 Å². The van der Waals surface area contributed by atoms with Gasteiger partial charge < -0.3 is 4.74 Å². The Hall–Kier alpha value is -0.0800. The van der Waals surface area contributed by atoms with Crippen molar-refractivity contribution in [1.29, 1.82) is 0 Å². The molecule has 0 aliphatic carbocycles. The van der Waals surface area contributed by atoms with Crippen LogP contribution >= 0.6 is 0 Å². The van der Waals surface area contributed by atoms with Crippen molar-refractivity contribution in [3.05, 3.63) is 0 Å². The minimum Gasteiger partial charge on any atom is -0.364 e. The van der Waals surface area contributed by atoms with Gasteiger partial charge in [-0.15, -0.1) is 0 Å². The fourth-order valence-corrected chi connectivity index (χ4v) is 3.44. The van der Waals surface area contributed by atoms with Gasteiger partial charge in [0.25, 0.3) is 0 Å². The lowest BCUT2D eigenvalue weighted by Crippen LogP contribution is -2.42. The largest absolute Gasteiger partial charge is 0.364 e. The van der Waals surface area contributed by atoms with Gasteiger partial charge in [-0.05, 0) is 12.8 Å². The van der Waals surface area contributed by atoms with Crippen molar-refractivity contribution < 1.29 is 4.74 Å². The smallest absolute Gasteiger partial charge is 0.0971 e. The monoisotopic (exact) mass is 297 g/mol. The Kier molecular flexibility index (Phi) is 11.3. The molecule has 1 heterocycles. The zero-order valence-electron chi connectivity index (χ0n) is 14.7. The Labute approximate surface area is 133 Å². The summed E-state index contributed by atoms with van der Waals surface area (Å²) in [4.78, 5) is 0. The molecule has 0 aromatic rings. The SMILES string of the molecule is CCCCCCCCCC1(CCCCCCC)COCN1. The van der Waals surface area contributed by atoms with Crippen LogP contribution < -0.4 is 5.32 Å². The quantitative estimate of drug-likeness (QED) is 0.409. The van der Waals surface area contributed by atoms with E-state index in [4.69, 9.17) is 4.74 Å². The van der Waals surface area contributed by atoms with Crippen LogP contribution in [-0.4, -0.2) is 18.9 Å². The summed E-state index contributed by atoms with van der Waals surface area (Å²) in [7, 11) is 0. The normalized spacial score (nSPS) is 22.0. The van der Waals surface area contributed by atoms with E-state index in [1.807, 2.05) is 0 Å². The zero-order valence-corrected chi connectivity index (χ0v) is 14.7. The first-order valence-corrected chi connectivity index (χ1v) is 9.66. The van der Waals surface area contributed by atoms with Crippen molar-refractivity contribution in [3.63, 3.8) is 0 Å². The van der Waals surface area contributed by atoms with Gasteiger partial charge in [-0.1, -0.05) is 90.9 Å². The molecule has 0 aromatic carbocycles. The van der Waals surface area contributed by atoms with Gasteiger partial charge in [-0.2, -0.15) is 0 Å². The summed E-state index contributed by atoms with van der Waals surface area (Å²) in [6.45, 7) is 6.28. The molecule has 1 aliphatic heterocycles. The lowest BCUT2D eigenvalue weighted by Gasteiger charge is -2.28. The summed E-state index contributed by atoms with van der Waals surface area (Å²) in [5, 5.41) is 3.65. The molecule has 0 saturated carbocycles. The van der Waals surface area contributed by atoms with Crippen LogP contribution in [-0.2, 0) is 4.74 Å². The molecule has 0 bridgehead atoms. The van der Waals surface area contributed by atoms with E-state index in [1.54, 1.807) is 0 Å².